The smallest absolute Gasteiger partial charge is 0.115 e. The first kappa shape index (κ1) is 13.4. The number of phenols is 1. The number of halogens is 1. The highest BCUT2D eigenvalue weighted by Crippen LogP contribution is 2.39. The van der Waals surface area contributed by atoms with E-state index in [9.17, 15) is 5.11 Å². The van der Waals surface area contributed by atoms with Gasteiger partial charge in [0.1, 0.15) is 5.75 Å². The van der Waals surface area contributed by atoms with Crippen LogP contribution in [-0.4, -0.2) is 36.2 Å². The number of hydrogen-bond acceptors (Lipinski definition) is 3. The minimum Gasteiger partial charge on any atom is -0.508 e. The molecule has 2 N–H and O–H groups in total. The molecule has 1 spiro atoms. The highest BCUT2D eigenvalue weighted by Gasteiger charge is 2.38. The quantitative estimate of drug-likeness (QED) is 0.878. The summed E-state index contributed by atoms with van der Waals surface area (Å²) in [5.74, 6) is 0.356. The summed E-state index contributed by atoms with van der Waals surface area (Å²) in [6.07, 6.45) is 3.94. The molecule has 4 heteroatoms. The van der Waals surface area contributed by atoms with E-state index in [1.54, 1.807) is 6.07 Å². The molecule has 2 saturated heterocycles. The molecule has 104 valence electrons. The van der Waals surface area contributed by atoms with Crippen molar-refractivity contribution in [1.82, 2.24) is 10.2 Å². The monoisotopic (exact) mass is 324 g/mol. The van der Waals surface area contributed by atoms with E-state index in [1.807, 2.05) is 12.1 Å². The number of phenolic OH excluding ortho intramolecular Hbond substituents is 1. The highest BCUT2D eigenvalue weighted by molar-refractivity contribution is 9.10. The molecule has 0 atom stereocenters. The maximum atomic E-state index is 9.61. The van der Waals surface area contributed by atoms with Crippen molar-refractivity contribution in [3.63, 3.8) is 0 Å². The second-order valence-electron chi connectivity index (χ2n) is 5.99. The van der Waals surface area contributed by atoms with Crippen LogP contribution in [0.4, 0.5) is 0 Å². The van der Waals surface area contributed by atoms with Crippen LogP contribution in [0.1, 0.15) is 24.8 Å². The van der Waals surface area contributed by atoms with E-state index in [0.29, 0.717) is 11.2 Å². The van der Waals surface area contributed by atoms with Crippen molar-refractivity contribution in [3.8, 4) is 5.75 Å². The van der Waals surface area contributed by atoms with Crippen LogP contribution in [0.5, 0.6) is 5.75 Å². The van der Waals surface area contributed by atoms with Gasteiger partial charge in [-0.05, 0) is 68.1 Å². The Morgan fingerprint density at radius 1 is 1.26 bits per heavy atom. The van der Waals surface area contributed by atoms with E-state index in [-0.39, 0.29) is 0 Å². The van der Waals surface area contributed by atoms with Gasteiger partial charge in [-0.15, -0.1) is 0 Å². The van der Waals surface area contributed by atoms with Gasteiger partial charge in [-0.1, -0.05) is 15.9 Å². The first-order valence-corrected chi connectivity index (χ1v) is 7.87. The van der Waals surface area contributed by atoms with Gasteiger partial charge in [-0.25, -0.2) is 0 Å². The average molecular weight is 325 g/mol. The van der Waals surface area contributed by atoms with Crippen LogP contribution >= 0.6 is 15.9 Å². The molecule has 19 heavy (non-hydrogen) atoms. The second-order valence-corrected chi connectivity index (χ2v) is 6.84. The minimum absolute atomic E-state index is 0.356. The molecular formula is C15H21BrN2O. The lowest BCUT2D eigenvalue weighted by atomic mass is 9.78. The van der Waals surface area contributed by atoms with Gasteiger partial charge in [-0.3, -0.25) is 4.90 Å². The zero-order valence-electron chi connectivity index (χ0n) is 11.2. The van der Waals surface area contributed by atoms with Crippen LogP contribution in [0, 0.1) is 5.41 Å². The molecule has 0 aromatic heterocycles. The fraction of sp³-hybridized carbons (Fsp3) is 0.600. The van der Waals surface area contributed by atoms with Crippen molar-refractivity contribution in [2.75, 3.05) is 26.2 Å². The molecule has 3 nitrogen and oxygen atoms in total. The molecule has 0 amide bonds. The highest BCUT2D eigenvalue weighted by atomic mass is 79.9. The number of likely N-dealkylation sites (tertiary alicyclic amines) is 1. The van der Waals surface area contributed by atoms with Crippen LogP contribution in [0.25, 0.3) is 0 Å². The standard InChI is InChI=1S/C15H21BrN2O/c16-14-2-1-13(19)9-12(14)10-18-8-5-15(11-18)3-6-17-7-4-15/h1-2,9,17,19H,3-8,10-11H2. The van der Waals surface area contributed by atoms with E-state index in [2.05, 4.69) is 26.1 Å². The third kappa shape index (κ3) is 2.96. The Bertz CT molecular complexity index is 457. The van der Waals surface area contributed by atoms with E-state index in [4.69, 9.17) is 0 Å². The molecule has 2 fully saturated rings. The van der Waals surface area contributed by atoms with E-state index >= 15 is 0 Å². The van der Waals surface area contributed by atoms with Gasteiger partial charge in [0, 0.05) is 17.6 Å². The zero-order chi connectivity index (χ0) is 13.3. The number of rotatable bonds is 2. The molecule has 1 aromatic carbocycles. The number of nitrogens with zero attached hydrogens (tertiary/aromatic N) is 1. The molecule has 0 unspecified atom stereocenters. The molecule has 0 radical (unpaired) electrons. The van der Waals surface area contributed by atoms with Gasteiger partial charge in [0.25, 0.3) is 0 Å². The van der Waals surface area contributed by atoms with Gasteiger partial charge in [0.05, 0.1) is 0 Å². The van der Waals surface area contributed by atoms with Crippen molar-refractivity contribution < 1.29 is 5.11 Å². The van der Waals surface area contributed by atoms with Crippen LogP contribution in [0.2, 0.25) is 0 Å². The lowest BCUT2D eigenvalue weighted by molar-refractivity contribution is 0.194. The Hall–Kier alpha value is -0.580. The van der Waals surface area contributed by atoms with E-state index in [1.165, 1.54) is 51.0 Å². The number of aromatic hydroxyl groups is 1. The maximum absolute atomic E-state index is 9.61. The second kappa shape index (κ2) is 5.43. The van der Waals surface area contributed by atoms with Gasteiger partial charge < -0.3 is 10.4 Å². The minimum atomic E-state index is 0.356. The Labute approximate surface area is 123 Å². The Balaban J connectivity index is 1.66. The summed E-state index contributed by atoms with van der Waals surface area (Å²) in [4.78, 5) is 2.53. The fourth-order valence-electron chi connectivity index (χ4n) is 3.45. The zero-order valence-corrected chi connectivity index (χ0v) is 12.7. The predicted molar refractivity (Wildman–Crippen MR) is 80.2 cm³/mol. The third-order valence-corrected chi connectivity index (χ3v) is 5.38. The first-order valence-electron chi connectivity index (χ1n) is 7.07. The third-order valence-electron chi connectivity index (χ3n) is 4.60. The summed E-state index contributed by atoms with van der Waals surface area (Å²) in [7, 11) is 0. The summed E-state index contributed by atoms with van der Waals surface area (Å²) in [6.45, 7) is 5.66. The van der Waals surface area contributed by atoms with Crippen molar-refractivity contribution in [2.45, 2.75) is 25.8 Å². The van der Waals surface area contributed by atoms with Crippen LogP contribution in [-0.2, 0) is 6.54 Å². The lowest BCUT2D eigenvalue weighted by Crippen LogP contribution is -2.38. The van der Waals surface area contributed by atoms with E-state index in [0.717, 1.165) is 11.0 Å². The number of piperidine rings is 1. The van der Waals surface area contributed by atoms with Crippen molar-refractivity contribution in [2.24, 2.45) is 5.41 Å². The van der Waals surface area contributed by atoms with Gasteiger partial charge in [-0.2, -0.15) is 0 Å². The molecule has 3 rings (SSSR count). The lowest BCUT2D eigenvalue weighted by Gasteiger charge is -2.34. The molecule has 2 heterocycles. The number of hydrogen-bond donors (Lipinski definition) is 2. The van der Waals surface area contributed by atoms with Crippen molar-refractivity contribution >= 4 is 15.9 Å². The molecular weight excluding hydrogens is 304 g/mol. The van der Waals surface area contributed by atoms with Gasteiger partial charge in [0.15, 0.2) is 0 Å². The summed E-state index contributed by atoms with van der Waals surface area (Å²) >= 11 is 3.58. The Morgan fingerprint density at radius 3 is 2.84 bits per heavy atom. The first-order chi connectivity index (χ1) is 9.17. The molecule has 0 saturated carbocycles. The predicted octanol–water partition coefficient (Wildman–Crippen LogP) is 2.73. The van der Waals surface area contributed by atoms with E-state index < -0.39 is 0 Å². The van der Waals surface area contributed by atoms with Crippen molar-refractivity contribution in [1.29, 1.82) is 0 Å². The van der Waals surface area contributed by atoms with Crippen LogP contribution in [0.15, 0.2) is 22.7 Å². The normalized spacial score (nSPS) is 23.0. The van der Waals surface area contributed by atoms with Gasteiger partial charge in [0.2, 0.25) is 0 Å². The summed E-state index contributed by atoms with van der Waals surface area (Å²) < 4.78 is 1.09. The molecule has 1 aromatic rings. The summed E-state index contributed by atoms with van der Waals surface area (Å²) in [6, 6.07) is 5.53. The van der Waals surface area contributed by atoms with Crippen molar-refractivity contribution in [3.05, 3.63) is 28.2 Å². The summed E-state index contributed by atoms with van der Waals surface area (Å²) in [5.41, 5.74) is 1.74. The fourth-order valence-corrected chi connectivity index (χ4v) is 3.82. The topological polar surface area (TPSA) is 35.5 Å². The number of nitrogens with one attached hydrogen (secondary N) is 1. The average Bonchev–Trinajstić information content (AvgIpc) is 2.78. The largest absolute Gasteiger partial charge is 0.508 e. The SMILES string of the molecule is Oc1ccc(Br)c(CN2CCC3(CCNCC3)C2)c1. The van der Waals surface area contributed by atoms with Crippen LogP contribution in [0.3, 0.4) is 0 Å². The Morgan fingerprint density at radius 2 is 2.05 bits per heavy atom. The molecule has 2 aliphatic rings. The summed E-state index contributed by atoms with van der Waals surface area (Å²) in [5, 5.41) is 13.1. The number of benzene rings is 1. The molecule has 0 bridgehead atoms. The Kier molecular flexibility index (Phi) is 3.83. The maximum Gasteiger partial charge on any atom is 0.115 e. The molecule has 0 aliphatic carbocycles. The van der Waals surface area contributed by atoms with Gasteiger partial charge >= 0.3 is 0 Å². The van der Waals surface area contributed by atoms with Crippen LogP contribution < -0.4 is 5.32 Å². The molecule has 2 aliphatic heterocycles.